The maximum absolute atomic E-state index is 14.9. The van der Waals surface area contributed by atoms with Crippen LogP contribution < -0.4 is 85.1 Å². The maximum atomic E-state index is 14.9. The summed E-state index contributed by atoms with van der Waals surface area (Å²) < 4.78 is 163. The summed E-state index contributed by atoms with van der Waals surface area (Å²) in [5, 5.41) is 59.6. The van der Waals surface area contributed by atoms with Crippen LogP contribution in [0.4, 0.5) is 0 Å². The molecule has 1 fully saturated rings. The van der Waals surface area contributed by atoms with E-state index in [0.29, 0.717) is 12.8 Å². The van der Waals surface area contributed by atoms with Gasteiger partial charge in [-0.1, -0.05) is 48.0 Å². The van der Waals surface area contributed by atoms with Crippen LogP contribution in [0.2, 0.25) is 0 Å². The summed E-state index contributed by atoms with van der Waals surface area (Å²) in [5.41, 5.74) is 0. The first-order valence-corrected chi connectivity index (χ1v) is 41.4. The highest BCUT2D eigenvalue weighted by Gasteiger charge is 2.38. The minimum Gasteiger partial charge on any atom is -0.391 e. The van der Waals surface area contributed by atoms with Gasteiger partial charge >= 0.3 is 0 Å². The molecule has 1 saturated heterocycles. The summed E-state index contributed by atoms with van der Waals surface area (Å²) in [4.78, 5) is 157. The second-order valence-corrected chi connectivity index (χ2v) is 33.5. The topological polar surface area (TPSA) is 693 Å². The van der Waals surface area contributed by atoms with Gasteiger partial charge in [-0.2, -0.15) is 42.1 Å². The second kappa shape index (κ2) is 46.6. The van der Waals surface area contributed by atoms with Gasteiger partial charge < -0.3 is 95.3 Å². The molecular weight excluding hydrogens is 1510 g/mol. The molecule has 0 aromatic heterocycles. The fourth-order valence-electron chi connectivity index (χ4n) is 9.86. The molecule has 12 atom stereocenters. The predicted molar refractivity (Wildman–Crippen MR) is 373 cm³/mol. The van der Waals surface area contributed by atoms with Gasteiger partial charge in [-0.3, -0.25) is 75.5 Å². The highest BCUT2D eigenvalue weighted by molar-refractivity contribution is 7.86. The lowest BCUT2D eigenvalue weighted by Crippen LogP contribution is -2.62. The van der Waals surface area contributed by atoms with E-state index in [1.54, 1.807) is 27.7 Å². The second-order valence-electron chi connectivity index (χ2n) is 26.2. The molecule has 11 amide bonds. The molecule has 49 heteroatoms. The number of aliphatic hydroxyl groups is 2. The van der Waals surface area contributed by atoms with Gasteiger partial charge in [0.2, 0.25) is 65.0 Å². The first kappa shape index (κ1) is 96.5. The van der Waals surface area contributed by atoms with E-state index in [2.05, 4.69) is 85.1 Å². The molecule has 0 bridgehead atoms. The van der Waals surface area contributed by atoms with Crippen LogP contribution in [0.15, 0.2) is 0 Å². The van der Waals surface area contributed by atoms with E-state index >= 15 is 0 Å². The van der Waals surface area contributed by atoms with Crippen LogP contribution >= 0.6 is 0 Å². The monoisotopic (exact) mass is 1610 g/mol. The van der Waals surface area contributed by atoms with E-state index in [0.717, 1.165) is 13.8 Å². The number of rotatable bonds is 42. The van der Waals surface area contributed by atoms with Crippen LogP contribution in [-0.4, -0.2) is 281 Å². The van der Waals surface area contributed by atoms with Gasteiger partial charge in [-0.15, -0.1) is 0 Å². The Morgan fingerprint density at radius 1 is 0.419 bits per heavy atom. The number of aliphatic hydroxyl groups excluding tert-OH is 2. The van der Waals surface area contributed by atoms with E-state index in [9.17, 15) is 128 Å². The van der Waals surface area contributed by atoms with Crippen molar-refractivity contribution >= 4 is 116 Å². The van der Waals surface area contributed by atoms with Gasteiger partial charge in [0.1, 0.15) is 89.8 Å². The minimum atomic E-state index is -4.77. The summed E-state index contributed by atoms with van der Waals surface area (Å²) in [5.74, 6) is -19.3. The van der Waals surface area contributed by atoms with Crippen molar-refractivity contribution in [3.63, 3.8) is 0 Å². The van der Waals surface area contributed by atoms with Gasteiger partial charge in [0.25, 0.3) is 50.6 Å². The number of nitrogens with one attached hydrogen (secondary N) is 16. The normalized spacial score (nSPS) is 21.4. The smallest absolute Gasteiger partial charge is 0.278 e. The fraction of sp³-hybridized carbons (Fsp3) is 0.804. The average Bonchev–Trinajstić information content (AvgIpc) is 1.20. The lowest BCUT2D eigenvalue weighted by Gasteiger charge is -2.29. The van der Waals surface area contributed by atoms with E-state index in [1.165, 1.54) is 0 Å². The molecule has 23 N–H and O–H groups in total. The standard InChI is InChI=1S/C56H106N16O28S5/c1-31(2)10-9-11-44(75)63-36(12-18-57-26-101(86,87)88)51(80)72-46(35(8)74)56(85)68-39(15-21-60-29-104(95,96)97)48(77)66-41-17-23-62-55(84)45(34(7)73)71-52(81)40(16-22-61-30-105(98,99)100)65-47(76)37(13-19-58-27-102(89,90)91)67-53(82)42(24-32(3)4)70-54(83)43(25-33(5)6)69-50(79)38(64-49(41)78)14-20-59-28-103(92,93)94/h31-43,45-46,57-61,73-74H,9-30H2,1-8H3,(H,62,84)(H,63,75)(H,64,78)(H,65,76)(H,66,77)(H,67,82)(H,68,85)(H,69,79)(H,70,83)(H,71,81)(H,72,80)(H,86,87,88)(H,89,90,91)(H,92,93,94)(H,95,96,97)(H,98,99,100). The van der Waals surface area contributed by atoms with Crippen LogP contribution in [0.5, 0.6) is 0 Å². The van der Waals surface area contributed by atoms with Crippen LogP contribution in [0.25, 0.3) is 0 Å². The molecular formula is C56H106N16O28S5. The Morgan fingerprint density at radius 2 is 0.771 bits per heavy atom. The molecule has 0 aromatic rings. The maximum Gasteiger partial charge on any atom is 0.278 e. The zero-order valence-electron chi connectivity index (χ0n) is 59.5. The Balaban J connectivity index is 4.35. The molecule has 44 nitrogen and oxygen atoms in total. The van der Waals surface area contributed by atoms with Gasteiger partial charge in [0.15, 0.2) is 0 Å². The quantitative estimate of drug-likeness (QED) is 0.0199. The lowest BCUT2D eigenvalue weighted by atomic mass is 9.99. The Labute approximate surface area is 610 Å². The van der Waals surface area contributed by atoms with E-state index in [1.807, 2.05) is 13.8 Å². The molecule has 0 radical (unpaired) electrons. The van der Waals surface area contributed by atoms with Gasteiger partial charge in [0.05, 0.1) is 12.2 Å². The first-order chi connectivity index (χ1) is 48.4. The van der Waals surface area contributed by atoms with E-state index in [-0.39, 0.29) is 38.1 Å². The molecule has 0 saturated carbocycles. The number of hydrogen-bond acceptors (Lipinski definition) is 28. The van der Waals surface area contributed by atoms with Gasteiger partial charge in [-0.05, 0) is 122 Å². The Morgan fingerprint density at radius 3 is 1.13 bits per heavy atom. The van der Waals surface area contributed by atoms with Crippen molar-refractivity contribution in [2.75, 3.05) is 68.7 Å². The third kappa shape index (κ3) is 44.4. The van der Waals surface area contributed by atoms with Crippen molar-refractivity contribution in [1.82, 2.24) is 85.1 Å². The SMILES string of the molecule is CC(C)CCCC(=O)NC(CCNCS(=O)(=O)O)C(=O)NC(C(=O)NC(CCNCS(=O)(=O)O)C(=O)NC1CCNC(=O)C(C(C)O)NC(=O)C(CCNCS(=O)(=O)O)NC(=O)C(CCNCS(=O)(=O)O)NC(=O)C(CC(C)C)NC(=O)C(CC(C)C)NC(=O)C(CCNCS(=O)(=O)O)NC1=O)C(C)O. The van der Waals surface area contributed by atoms with Crippen molar-refractivity contribution in [2.45, 2.75) is 199 Å². The molecule has 1 heterocycles. The van der Waals surface area contributed by atoms with E-state index < -0.39 is 294 Å². The summed E-state index contributed by atoms with van der Waals surface area (Å²) in [6, 6.07) is -18.5. The molecule has 1 rings (SSSR count). The van der Waals surface area contributed by atoms with Crippen molar-refractivity contribution < 1.29 is 128 Å². The third-order valence-electron chi connectivity index (χ3n) is 15.0. The third-order valence-corrected chi connectivity index (χ3v) is 17.9. The van der Waals surface area contributed by atoms with Crippen molar-refractivity contribution in [3.8, 4) is 0 Å². The number of carbonyl (C=O) groups excluding carboxylic acids is 11. The molecule has 1 aliphatic heterocycles. The Hall–Kier alpha value is -6.56. The predicted octanol–water partition coefficient (Wildman–Crippen LogP) is -8.84. The molecule has 0 aromatic carbocycles. The Kier molecular flexibility index (Phi) is 42.8. The summed E-state index contributed by atoms with van der Waals surface area (Å²) in [6.45, 7) is 9.01. The molecule has 12 unspecified atom stereocenters. The first-order valence-electron chi connectivity index (χ1n) is 33.3. The number of amides is 11. The van der Waals surface area contributed by atoms with Crippen LogP contribution in [-0.2, 0) is 103 Å². The fourth-order valence-corrected chi connectivity index (χ4v) is 11.9. The highest BCUT2D eigenvalue weighted by Crippen LogP contribution is 2.13. The van der Waals surface area contributed by atoms with Crippen LogP contribution in [0, 0.1) is 17.8 Å². The summed E-state index contributed by atoms with van der Waals surface area (Å²) >= 11 is 0. The number of carbonyl (C=O) groups is 11. The van der Waals surface area contributed by atoms with Crippen molar-refractivity contribution in [2.24, 2.45) is 17.8 Å². The van der Waals surface area contributed by atoms with Crippen molar-refractivity contribution in [1.29, 1.82) is 0 Å². The molecule has 608 valence electrons. The van der Waals surface area contributed by atoms with Crippen LogP contribution in [0.1, 0.15) is 126 Å². The van der Waals surface area contributed by atoms with E-state index in [4.69, 9.17) is 0 Å². The average molecular weight is 1610 g/mol. The largest absolute Gasteiger partial charge is 0.391 e. The minimum absolute atomic E-state index is 0.0969. The zero-order valence-corrected chi connectivity index (χ0v) is 63.5. The summed E-state index contributed by atoms with van der Waals surface area (Å²) in [6.07, 6.45) is -6.95. The molecule has 1 aliphatic rings. The van der Waals surface area contributed by atoms with Crippen LogP contribution in [0.3, 0.4) is 0 Å². The molecule has 0 aliphatic carbocycles. The number of hydrogen-bond donors (Lipinski definition) is 23. The zero-order chi connectivity index (χ0) is 80.4. The Bertz CT molecular complexity index is 3480. The van der Waals surface area contributed by atoms with Gasteiger partial charge in [0, 0.05) is 13.0 Å². The molecule has 0 spiro atoms. The molecule has 105 heavy (non-hydrogen) atoms. The lowest BCUT2D eigenvalue weighted by molar-refractivity contribution is -0.137. The summed E-state index contributed by atoms with van der Waals surface area (Å²) in [7, 11) is -23.5. The van der Waals surface area contributed by atoms with Crippen molar-refractivity contribution in [3.05, 3.63) is 0 Å². The van der Waals surface area contributed by atoms with Gasteiger partial charge in [-0.25, -0.2) is 0 Å². The highest BCUT2D eigenvalue weighted by atomic mass is 32.2.